The molecule has 0 aliphatic heterocycles. The number of aromatic nitrogens is 1. The lowest BCUT2D eigenvalue weighted by molar-refractivity contribution is 0.102. The number of anilines is 1. The van der Waals surface area contributed by atoms with Gasteiger partial charge in [0.1, 0.15) is 10.1 Å². The van der Waals surface area contributed by atoms with Gasteiger partial charge in [0, 0.05) is 5.56 Å². The summed E-state index contributed by atoms with van der Waals surface area (Å²) in [5.41, 5.74) is 2.06. The van der Waals surface area contributed by atoms with Gasteiger partial charge in [-0.1, -0.05) is 35.1 Å². The largest absolute Gasteiger partial charge is 0.491 e. The third kappa shape index (κ3) is 6.14. The smallest absolute Gasteiger partial charge is 0.356 e. The van der Waals surface area contributed by atoms with Crippen molar-refractivity contribution in [3.05, 3.63) is 69.7 Å². The van der Waals surface area contributed by atoms with E-state index in [2.05, 4.69) is 10.3 Å². The molecule has 1 heterocycles. The first kappa shape index (κ1) is 22.5. The van der Waals surface area contributed by atoms with E-state index in [9.17, 15) is 19.1 Å². The lowest BCUT2D eigenvalue weighted by Gasteiger charge is -2.14. The Bertz CT molecular complexity index is 1090. The molecule has 1 aromatic heterocycles. The molecule has 3 N–H and O–H groups in total. The van der Waals surface area contributed by atoms with Crippen LogP contribution in [0, 0.1) is 0 Å². The van der Waals surface area contributed by atoms with Crippen molar-refractivity contribution in [3.8, 4) is 5.75 Å². The zero-order chi connectivity index (χ0) is 21.9. The summed E-state index contributed by atoms with van der Waals surface area (Å²) < 4.78 is 17.6. The average molecular weight is 467 g/mol. The first-order valence-corrected chi connectivity index (χ1v) is 11.8. The van der Waals surface area contributed by atoms with Crippen LogP contribution in [0.1, 0.15) is 35.3 Å². The Labute approximate surface area is 182 Å². The van der Waals surface area contributed by atoms with Gasteiger partial charge in [-0.05, 0) is 61.7 Å². The van der Waals surface area contributed by atoms with E-state index >= 15 is 0 Å². The number of benzene rings is 2. The molecule has 7 nitrogen and oxygen atoms in total. The molecule has 0 saturated carbocycles. The third-order valence-electron chi connectivity index (χ3n) is 3.98. The van der Waals surface area contributed by atoms with E-state index in [4.69, 9.17) is 16.3 Å². The number of hydrogen-bond acceptors (Lipinski definition) is 5. The summed E-state index contributed by atoms with van der Waals surface area (Å²) in [4.78, 5) is 35.2. The summed E-state index contributed by atoms with van der Waals surface area (Å²) in [7, 11) is -4.28. The number of ether oxygens (including phenoxy) is 1. The lowest BCUT2D eigenvalue weighted by Crippen LogP contribution is -2.13. The number of amides is 1. The van der Waals surface area contributed by atoms with Gasteiger partial charge in [0.15, 0.2) is 5.13 Å². The molecule has 0 unspecified atom stereocenters. The SMILES string of the molecule is CC(C)Oc1cc(Cc2ccc(P(=O)(O)O)cc2)cc(C(=O)Nc2ncc(Cl)s2)c1. The number of carbonyl (C=O) groups excluding carboxylic acids is 1. The van der Waals surface area contributed by atoms with Crippen LogP contribution in [-0.2, 0) is 11.0 Å². The minimum absolute atomic E-state index is 0.0367. The molecule has 0 saturated heterocycles. The molecule has 1 amide bonds. The van der Waals surface area contributed by atoms with Crippen LogP contribution in [0.5, 0.6) is 5.75 Å². The molecule has 10 heteroatoms. The first-order chi connectivity index (χ1) is 14.1. The molecule has 158 valence electrons. The summed E-state index contributed by atoms with van der Waals surface area (Å²) in [6.45, 7) is 3.79. The van der Waals surface area contributed by atoms with Crippen molar-refractivity contribution in [2.24, 2.45) is 0 Å². The van der Waals surface area contributed by atoms with Gasteiger partial charge in [-0.15, -0.1) is 0 Å². The molecule has 0 aliphatic rings. The van der Waals surface area contributed by atoms with E-state index in [1.54, 1.807) is 24.3 Å². The Hall–Kier alpha value is -2.22. The normalized spacial score (nSPS) is 11.5. The van der Waals surface area contributed by atoms with Crippen LogP contribution in [0.15, 0.2) is 48.7 Å². The number of hydrogen-bond donors (Lipinski definition) is 3. The number of halogens is 1. The highest BCUT2D eigenvalue weighted by Gasteiger charge is 2.17. The Morgan fingerprint density at radius 3 is 2.47 bits per heavy atom. The van der Waals surface area contributed by atoms with E-state index in [-0.39, 0.29) is 17.3 Å². The van der Waals surface area contributed by atoms with Gasteiger partial charge in [-0.3, -0.25) is 14.7 Å². The fourth-order valence-corrected chi connectivity index (χ4v) is 4.10. The second-order valence-electron chi connectivity index (χ2n) is 6.84. The summed E-state index contributed by atoms with van der Waals surface area (Å²) in [5, 5.41) is 3.08. The van der Waals surface area contributed by atoms with Crippen molar-refractivity contribution in [1.82, 2.24) is 4.98 Å². The highest BCUT2D eigenvalue weighted by Crippen LogP contribution is 2.33. The Kier molecular flexibility index (Phi) is 6.95. The maximum absolute atomic E-state index is 12.7. The van der Waals surface area contributed by atoms with E-state index in [1.807, 2.05) is 19.9 Å². The highest BCUT2D eigenvalue weighted by molar-refractivity contribution is 7.60. The molecule has 3 aromatic rings. The predicted molar refractivity (Wildman–Crippen MR) is 118 cm³/mol. The second-order valence-corrected chi connectivity index (χ2v) is 10.1. The summed E-state index contributed by atoms with van der Waals surface area (Å²) in [6.07, 6.45) is 1.85. The van der Waals surface area contributed by atoms with Crippen LogP contribution in [0.3, 0.4) is 0 Å². The van der Waals surface area contributed by atoms with Crippen molar-refractivity contribution in [3.63, 3.8) is 0 Å². The van der Waals surface area contributed by atoms with Crippen LogP contribution >= 0.6 is 30.5 Å². The average Bonchev–Trinajstić information content (AvgIpc) is 3.05. The molecule has 0 atom stereocenters. The van der Waals surface area contributed by atoms with E-state index in [0.29, 0.717) is 27.2 Å². The van der Waals surface area contributed by atoms with Crippen molar-refractivity contribution in [2.45, 2.75) is 26.4 Å². The molecule has 30 heavy (non-hydrogen) atoms. The molecule has 0 spiro atoms. The van der Waals surface area contributed by atoms with Gasteiger partial charge in [0.2, 0.25) is 0 Å². The number of rotatable bonds is 7. The quantitative estimate of drug-likeness (QED) is 0.450. The van der Waals surface area contributed by atoms with Crippen molar-refractivity contribution < 1.29 is 23.9 Å². The van der Waals surface area contributed by atoms with Crippen LogP contribution < -0.4 is 15.4 Å². The summed E-state index contributed by atoms with van der Waals surface area (Å²) in [6, 6.07) is 11.4. The van der Waals surface area contributed by atoms with Crippen molar-refractivity contribution in [1.29, 1.82) is 0 Å². The van der Waals surface area contributed by atoms with Crippen LogP contribution in [0.2, 0.25) is 4.34 Å². The summed E-state index contributed by atoms with van der Waals surface area (Å²) >= 11 is 7.03. The number of nitrogens with zero attached hydrogens (tertiary/aromatic N) is 1. The predicted octanol–water partition coefficient (Wildman–Crippen LogP) is 4.23. The van der Waals surface area contributed by atoms with E-state index < -0.39 is 7.60 Å². The maximum Gasteiger partial charge on any atom is 0.356 e. The second kappa shape index (κ2) is 9.29. The molecular formula is C20H20ClN2O5PS. The third-order valence-corrected chi connectivity index (χ3v) is 5.98. The fourth-order valence-electron chi connectivity index (χ4n) is 2.76. The molecule has 3 rings (SSSR count). The molecule has 0 fully saturated rings. The Morgan fingerprint density at radius 2 is 1.90 bits per heavy atom. The Balaban J connectivity index is 1.86. The highest BCUT2D eigenvalue weighted by atomic mass is 35.5. The number of carbonyl (C=O) groups is 1. The van der Waals surface area contributed by atoms with Gasteiger partial charge in [-0.25, -0.2) is 4.98 Å². The minimum atomic E-state index is -4.28. The number of thiazole rings is 1. The van der Waals surface area contributed by atoms with Gasteiger partial charge < -0.3 is 14.5 Å². The molecule has 0 bridgehead atoms. The van der Waals surface area contributed by atoms with Crippen LogP contribution in [-0.4, -0.2) is 26.8 Å². The molecular weight excluding hydrogens is 447 g/mol. The Morgan fingerprint density at radius 1 is 1.20 bits per heavy atom. The van der Waals surface area contributed by atoms with Gasteiger partial charge in [0.05, 0.1) is 17.6 Å². The van der Waals surface area contributed by atoms with E-state index in [0.717, 1.165) is 22.5 Å². The summed E-state index contributed by atoms with van der Waals surface area (Å²) in [5.74, 6) is 0.213. The van der Waals surface area contributed by atoms with Crippen LogP contribution in [0.25, 0.3) is 0 Å². The van der Waals surface area contributed by atoms with Gasteiger partial charge in [-0.2, -0.15) is 0 Å². The lowest BCUT2D eigenvalue weighted by atomic mass is 10.0. The fraction of sp³-hybridized carbons (Fsp3) is 0.200. The molecule has 2 aromatic carbocycles. The zero-order valence-electron chi connectivity index (χ0n) is 16.2. The molecule has 0 aliphatic carbocycles. The van der Waals surface area contributed by atoms with Gasteiger partial charge in [0.25, 0.3) is 5.91 Å². The zero-order valence-corrected chi connectivity index (χ0v) is 18.7. The number of nitrogens with one attached hydrogen (secondary N) is 1. The topological polar surface area (TPSA) is 109 Å². The molecule has 0 radical (unpaired) electrons. The minimum Gasteiger partial charge on any atom is -0.491 e. The standard InChI is InChI=1S/C20H20ClN2O5PS/c1-12(2)28-16-9-14(7-13-3-5-17(6-4-13)29(25,26)27)8-15(10-16)19(24)23-20-22-11-18(21)30-20/h3-6,8-12H,7H2,1-2H3,(H,22,23,24)(H2,25,26,27). The van der Waals surface area contributed by atoms with E-state index in [1.165, 1.54) is 18.3 Å². The maximum atomic E-state index is 12.7. The van der Waals surface area contributed by atoms with Crippen molar-refractivity contribution >= 4 is 46.9 Å². The monoisotopic (exact) mass is 466 g/mol. The van der Waals surface area contributed by atoms with Gasteiger partial charge >= 0.3 is 7.60 Å². The van der Waals surface area contributed by atoms with Crippen LogP contribution in [0.4, 0.5) is 5.13 Å². The first-order valence-electron chi connectivity index (χ1n) is 8.98. The van der Waals surface area contributed by atoms with Crippen molar-refractivity contribution in [2.75, 3.05) is 5.32 Å².